The molecule has 0 radical (unpaired) electrons. The summed E-state index contributed by atoms with van der Waals surface area (Å²) < 4.78 is 43.0. The lowest BCUT2D eigenvalue weighted by Crippen LogP contribution is -2.05. The first-order valence-electron chi connectivity index (χ1n) is 18.4. The van der Waals surface area contributed by atoms with Gasteiger partial charge in [-0.2, -0.15) is 13.2 Å². The molecule has 0 saturated carbocycles. The van der Waals surface area contributed by atoms with E-state index in [1.54, 1.807) is 0 Å². The van der Waals surface area contributed by atoms with Crippen LogP contribution in [0.25, 0.3) is 83.9 Å². The van der Waals surface area contributed by atoms with Crippen LogP contribution in [0.4, 0.5) is 13.2 Å². The second-order valence-corrected chi connectivity index (χ2v) is 14.2. The second-order valence-electron chi connectivity index (χ2n) is 14.2. The number of hydrogen-bond acceptors (Lipinski definition) is 3. The van der Waals surface area contributed by atoms with E-state index < -0.39 is 11.7 Å². The van der Waals surface area contributed by atoms with Crippen LogP contribution in [0.5, 0.6) is 0 Å². The van der Waals surface area contributed by atoms with E-state index in [4.69, 9.17) is 15.0 Å². The SMILES string of the molecule is Cc1cc(C)c(-c2ccc3c(c2)c2ccccc2n3-c2cc(-c3ccc(C(F)(F)F)cc3)ccc2-c2nc(-c3ccccc3)nc(-c3ccccc3)n2)c(C)c1. The topological polar surface area (TPSA) is 43.6 Å². The first kappa shape index (κ1) is 34.9. The molecule has 0 aliphatic heterocycles. The first-order chi connectivity index (χ1) is 27.1. The van der Waals surface area contributed by atoms with Crippen LogP contribution in [0.1, 0.15) is 22.3 Å². The highest BCUT2D eigenvalue weighted by Gasteiger charge is 2.30. The maximum absolute atomic E-state index is 13.6. The summed E-state index contributed by atoms with van der Waals surface area (Å²) in [5, 5.41) is 2.15. The van der Waals surface area contributed by atoms with Gasteiger partial charge < -0.3 is 4.57 Å². The van der Waals surface area contributed by atoms with Crippen molar-refractivity contribution in [3.63, 3.8) is 0 Å². The maximum atomic E-state index is 13.6. The Balaban J connectivity index is 1.33. The fourth-order valence-corrected chi connectivity index (χ4v) is 7.89. The summed E-state index contributed by atoms with van der Waals surface area (Å²) in [4.78, 5) is 15.1. The number of halogens is 3. The summed E-state index contributed by atoms with van der Waals surface area (Å²) in [6, 6.07) is 50.2. The molecule has 9 rings (SSSR count). The Labute approximate surface area is 322 Å². The van der Waals surface area contributed by atoms with Gasteiger partial charge in [0.2, 0.25) is 0 Å². The molecule has 0 aliphatic rings. The molecule has 2 aromatic heterocycles. The fourth-order valence-electron chi connectivity index (χ4n) is 7.89. The van der Waals surface area contributed by atoms with Crippen LogP contribution in [0.2, 0.25) is 0 Å². The Hall–Kier alpha value is -6.86. The molecule has 4 nitrogen and oxygen atoms in total. The van der Waals surface area contributed by atoms with E-state index in [0.29, 0.717) is 23.0 Å². The van der Waals surface area contributed by atoms with E-state index in [1.165, 1.54) is 34.4 Å². The molecule has 0 atom stereocenters. The highest BCUT2D eigenvalue weighted by atomic mass is 19.4. The van der Waals surface area contributed by atoms with Gasteiger partial charge in [0.25, 0.3) is 0 Å². The van der Waals surface area contributed by atoms with Gasteiger partial charge in [-0.05, 0) is 96.6 Å². The summed E-state index contributed by atoms with van der Waals surface area (Å²) in [6.07, 6.45) is -4.43. The van der Waals surface area contributed by atoms with Crippen LogP contribution >= 0.6 is 0 Å². The minimum absolute atomic E-state index is 0.472. The molecule has 0 unspecified atom stereocenters. The maximum Gasteiger partial charge on any atom is 0.416 e. The molecule has 0 saturated heterocycles. The van der Waals surface area contributed by atoms with Crippen LogP contribution in [0.3, 0.4) is 0 Å². The van der Waals surface area contributed by atoms with Gasteiger partial charge in [-0.15, -0.1) is 0 Å². The highest BCUT2D eigenvalue weighted by molar-refractivity contribution is 6.11. The standard InChI is InChI=1S/C49H35F3N4/c1-30-26-31(2)45(32(3)27-30)37-21-25-43-41(28-37)39-16-10-11-17-42(39)56(43)44-29-36(33-18-22-38(23-19-33)49(50,51)52)20-24-40(44)48-54-46(34-12-6-4-7-13-34)53-47(55-48)35-14-8-5-9-15-35/h4-29H,1-3H3. The average molecular weight is 737 g/mol. The minimum Gasteiger partial charge on any atom is -0.308 e. The lowest BCUT2D eigenvalue weighted by molar-refractivity contribution is -0.137. The Morgan fingerprint density at radius 2 is 0.982 bits per heavy atom. The largest absolute Gasteiger partial charge is 0.416 e. The number of aryl methyl sites for hydroxylation is 3. The van der Waals surface area contributed by atoms with E-state index in [0.717, 1.165) is 67.4 Å². The molecule has 0 bridgehead atoms. The minimum atomic E-state index is -4.43. The molecule has 7 heteroatoms. The Morgan fingerprint density at radius 1 is 0.446 bits per heavy atom. The van der Waals surface area contributed by atoms with Crippen LogP contribution in [0, 0.1) is 20.8 Å². The predicted octanol–water partition coefficient (Wildman–Crippen LogP) is 13.2. The zero-order valence-electron chi connectivity index (χ0n) is 30.9. The molecular weight excluding hydrogens is 702 g/mol. The van der Waals surface area contributed by atoms with Crippen molar-refractivity contribution in [3.05, 3.63) is 180 Å². The Morgan fingerprint density at radius 3 is 1.61 bits per heavy atom. The zero-order valence-corrected chi connectivity index (χ0v) is 30.9. The van der Waals surface area contributed by atoms with Crippen LogP contribution in [0.15, 0.2) is 158 Å². The first-order valence-corrected chi connectivity index (χ1v) is 18.4. The van der Waals surface area contributed by atoms with Crippen LogP contribution < -0.4 is 0 Å². The monoisotopic (exact) mass is 736 g/mol. The molecule has 9 aromatic rings. The molecule has 56 heavy (non-hydrogen) atoms. The lowest BCUT2D eigenvalue weighted by atomic mass is 9.93. The predicted molar refractivity (Wildman–Crippen MR) is 221 cm³/mol. The molecule has 7 aromatic carbocycles. The van der Waals surface area contributed by atoms with E-state index in [9.17, 15) is 13.2 Å². The number of hydrogen-bond donors (Lipinski definition) is 0. The molecule has 0 N–H and O–H groups in total. The fraction of sp³-hybridized carbons (Fsp3) is 0.0816. The number of alkyl halides is 3. The van der Waals surface area contributed by atoms with Crippen LogP contribution in [-0.2, 0) is 6.18 Å². The van der Waals surface area contributed by atoms with Gasteiger partial charge in [0.15, 0.2) is 17.5 Å². The third-order valence-electron chi connectivity index (χ3n) is 10.4. The van der Waals surface area contributed by atoms with Crippen LogP contribution in [-0.4, -0.2) is 19.5 Å². The van der Waals surface area contributed by atoms with Crippen molar-refractivity contribution in [2.24, 2.45) is 0 Å². The third kappa shape index (κ3) is 6.31. The number of aromatic nitrogens is 4. The highest BCUT2D eigenvalue weighted by Crippen LogP contribution is 2.41. The summed E-state index contributed by atoms with van der Waals surface area (Å²) >= 11 is 0. The number of rotatable bonds is 6. The van der Waals surface area contributed by atoms with Gasteiger partial charge in [0, 0.05) is 27.5 Å². The molecular formula is C49H35F3N4. The van der Waals surface area contributed by atoms with Crippen molar-refractivity contribution in [1.82, 2.24) is 19.5 Å². The van der Waals surface area contributed by atoms with Crippen molar-refractivity contribution in [1.29, 1.82) is 0 Å². The molecule has 0 fully saturated rings. The van der Waals surface area contributed by atoms with Crippen molar-refractivity contribution >= 4 is 21.8 Å². The van der Waals surface area contributed by atoms with E-state index in [-0.39, 0.29) is 0 Å². The van der Waals surface area contributed by atoms with Gasteiger partial charge in [-0.1, -0.05) is 121 Å². The normalized spacial score (nSPS) is 11.8. The molecule has 2 heterocycles. The van der Waals surface area contributed by atoms with E-state index in [1.807, 2.05) is 91.0 Å². The lowest BCUT2D eigenvalue weighted by Gasteiger charge is -2.17. The molecule has 0 aliphatic carbocycles. The number of fused-ring (bicyclic) bond motifs is 3. The number of benzene rings is 7. The van der Waals surface area contributed by atoms with Gasteiger partial charge in [-0.3, -0.25) is 0 Å². The summed E-state index contributed by atoms with van der Waals surface area (Å²) in [5.41, 5.74) is 11.9. The van der Waals surface area contributed by atoms with Crippen molar-refractivity contribution < 1.29 is 13.2 Å². The van der Waals surface area contributed by atoms with Crippen molar-refractivity contribution in [2.45, 2.75) is 26.9 Å². The molecule has 0 amide bonds. The quantitative estimate of drug-likeness (QED) is 0.171. The summed E-state index contributed by atoms with van der Waals surface area (Å²) in [7, 11) is 0. The zero-order chi connectivity index (χ0) is 38.6. The van der Waals surface area contributed by atoms with Gasteiger partial charge >= 0.3 is 6.18 Å². The Bertz CT molecular complexity index is 2830. The van der Waals surface area contributed by atoms with Crippen molar-refractivity contribution in [3.8, 4) is 62.1 Å². The van der Waals surface area contributed by atoms with E-state index >= 15 is 0 Å². The van der Waals surface area contributed by atoms with Gasteiger partial charge in [-0.25, -0.2) is 15.0 Å². The van der Waals surface area contributed by atoms with Gasteiger partial charge in [0.05, 0.1) is 22.3 Å². The molecule has 272 valence electrons. The average Bonchev–Trinajstić information content (AvgIpc) is 3.54. The number of para-hydroxylation sites is 1. The van der Waals surface area contributed by atoms with Crippen molar-refractivity contribution in [2.75, 3.05) is 0 Å². The second kappa shape index (κ2) is 13.8. The number of nitrogens with zero attached hydrogens (tertiary/aromatic N) is 4. The van der Waals surface area contributed by atoms with E-state index in [2.05, 4.69) is 67.8 Å². The molecule has 0 spiro atoms. The smallest absolute Gasteiger partial charge is 0.308 e. The Kier molecular flexibility index (Phi) is 8.58. The third-order valence-corrected chi connectivity index (χ3v) is 10.4. The summed E-state index contributed by atoms with van der Waals surface area (Å²) in [5.74, 6) is 1.53. The summed E-state index contributed by atoms with van der Waals surface area (Å²) in [6.45, 7) is 6.43. The van der Waals surface area contributed by atoms with Gasteiger partial charge in [0.1, 0.15) is 0 Å².